The molecule has 0 saturated carbocycles. The zero-order valence-corrected chi connectivity index (χ0v) is 19.7. The first-order valence-corrected chi connectivity index (χ1v) is 12.0. The highest BCUT2D eigenvalue weighted by Gasteiger charge is 2.29. The molecular weight excluding hydrogens is 430 g/mol. The van der Waals surface area contributed by atoms with Crippen molar-refractivity contribution >= 4 is 17.9 Å². The van der Waals surface area contributed by atoms with Crippen molar-refractivity contribution in [2.45, 2.75) is 63.6 Å². The van der Waals surface area contributed by atoms with E-state index in [0.29, 0.717) is 19.4 Å². The van der Waals surface area contributed by atoms with Gasteiger partial charge in [0.25, 0.3) is 5.91 Å². The van der Waals surface area contributed by atoms with Gasteiger partial charge in [0.2, 0.25) is 5.91 Å². The lowest BCUT2D eigenvalue weighted by Gasteiger charge is -2.25. The number of nitrogens with one attached hydrogen (secondary N) is 2. The second-order valence-corrected chi connectivity index (χ2v) is 8.46. The Hall–Kier alpha value is -3.00. The first-order chi connectivity index (χ1) is 16.6. The molecule has 3 rings (SSSR count). The highest BCUT2D eigenvalue weighted by molar-refractivity contribution is 5.87. The molecule has 1 saturated heterocycles. The van der Waals surface area contributed by atoms with Crippen molar-refractivity contribution in [3.63, 3.8) is 0 Å². The summed E-state index contributed by atoms with van der Waals surface area (Å²) in [6.07, 6.45) is 8.13. The Morgan fingerprint density at radius 3 is 2.41 bits per heavy atom. The van der Waals surface area contributed by atoms with Gasteiger partial charge < -0.3 is 4.74 Å². The van der Waals surface area contributed by atoms with E-state index >= 15 is 0 Å². The molecule has 1 aliphatic rings. The molecular formula is C27H35N3O4. The number of hydrazine groups is 1. The van der Waals surface area contributed by atoms with Gasteiger partial charge in [-0.25, -0.2) is 16.2 Å². The van der Waals surface area contributed by atoms with Crippen molar-refractivity contribution in [2.75, 3.05) is 6.61 Å². The van der Waals surface area contributed by atoms with Crippen molar-refractivity contribution in [3.05, 3.63) is 77.4 Å². The minimum Gasteiger partial charge on any atom is -0.350 e. The first kappa shape index (κ1) is 25.6. The number of ether oxygens (including phenoxy) is 1. The Balaban J connectivity index is 1.86. The van der Waals surface area contributed by atoms with Crippen LogP contribution in [0.25, 0.3) is 6.08 Å². The van der Waals surface area contributed by atoms with Gasteiger partial charge in [-0.15, -0.1) is 0 Å². The minimum absolute atomic E-state index is 0.264. The fourth-order valence-electron chi connectivity index (χ4n) is 4.24. The summed E-state index contributed by atoms with van der Waals surface area (Å²) in [4.78, 5) is 31.5. The third-order valence-corrected chi connectivity index (χ3v) is 6.01. The number of carbonyl (C=O) groups excluding carboxylic acids is 2. The van der Waals surface area contributed by atoms with Crippen molar-refractivity contribution in [2.24, 2.45) is 5.84 Å². The summed E-state index contributed by atoms with van der Waals surface area (Å²) in [7, 11) is 0. The Morgan fingerprint density at radius 1 is 1.06 bits per heavy atom. The van der Waals surface area contributed by atoms with E-state index < -0.39 is 18.1 Å². The van der Waals surface area contributed by atoms with Crippen LogP contribution < -0.4 is 16.7 Å². The number of benzene rings is 2. The van der Waals surface area contributed by atoms with Gasteiger partial charge in [-0.2, -0.15) is 0 Å². The molecule has 34 heavy (non-hydrogen) atoms. The molecule has 2 amide bonds. The molecule has 4 N–H and O–H groups in total. The molecule has 7 nitrogen and oxygen atoms in total. The predicted octanol–water partition coefficient (Wildman–Crippen LogP) is 4.32. The normalized spacial score (nSPS) is 17.8. The van der Waals surface area contributed by atoms with E-state index in [-0.39, 0.29) is 11.8 Å². The van der Waals surface area contributed by atoms with E-state index in [0.717, 1.165) is 42.4 Å². The second kappa shape index (κ2) is 13.6. The van der Waals surface area contributed by atoms with Crippen LogP contribution in [0, 0.1) is 0 Å². The number of rotatable bonds is 11. The lowest BCUT2D eigenvalue weighted by Crippen LogP contribution is -2.37. The molecule has 0 aromatic heterocycles. The van der Waals surface area contributed by atoms with Crippen LogP contribution in [0.3, 0.4) is 0 Å². The highest BCUT2D eigenvalue weighted by Crippen LogP contribution is 2.32. The van der Waals surface area contributed by atoms with Crippen molar-refractivity contribution < 1.29 is 19.2 Å². The number of nitrogens with two attached hydrogens (primary N) is 1. The molecule has 2 aromatic carbocycles. The fourth-order valence-corrected chi connectivity index (χ4v) is 4.24. The standard InChI is InChI=1S/C27H35N3O4/c1-2-11-23(26(31)29-28)21-15-6-7-16-22(21)24(17-10-14-20-12-4-3-5-13-20)27(32)30-34-25-18-8-9-19-33-25/h3-7,10,12-16,23-25H,2,8-9,11,17-19,28H2,1H3,(H,29,31)(H,30,32)/b14-10+/t23-,24+,25?/m1/s1. The van der Waals surface area contributed by atoms with E-state index in [1.165, 1.54) is 0 Å². The van der Waals surface area contributed by atoms with Gasteiger partial charge in [-0.1, -0.05) is 80.1 Å². The summed E-state index contributed by atoms with van der Waals surface area (Å²) >= 11 is 0. The molecule has 7 heteroatoms. The Bertz CT molecular complexity index is 942. The quantitative estimate of drug-likeness (QED) is 0.261. The van der Waals surface area contributed by atoms with E-state index in [2.05, 4.69) is 10.9 Å². The average Bonchev–Trinajstić information content (AvgIpc) is 2.89. The van der Waals surface area contributed by atoms with Gasteiger partial charge in [0.05, 0.1) is 11.8 Å². The van der Waals surface area contributed by atoms with Crippen LogP contribution >= 0.6 is 0 Å². The molecule has 0 radical (unpaired) electrons. The van der Waals surface area contributed by atoms with Gasteiger partial charge in [0, 0.05) is 13.0 Å². The SMILES string of the molecule is CCC[C@@H](C(=O)NN)c1ccccc1[C@H](C/C=C/c1ccccc1)C(=O)NOC1CCCCO1. The van der Waals surface area contributed by atoms with Gasteiger partial charge in [-0.05, 0) is 42.4 Å². The number of hydrogen-bond donors (Lipinski definition) is 3. The topological polar surface area (TPSA) is 103 Å². The van der Waals surface area contributed by atoms with Crippen molar-refractivity contribution in [3.8, 4) is 0 Å². The maximum absolute atomic E-state index is 13.3. The maximum Gasteiger partial charge on any atom is 0.251 e. The van der Waals surface area contributed by atoms with E-state index in [9.17, 15) is 9.59 Å². The van der Waals surface area contributed by atoms with Gasteiger partial charge in [-0.3, -0.25) is 15.0 Å². The maximum atomic E-state index is 13.3. The molecule has 0 bridgehead atoms. The number of hydroxylamine groups is 1. The number of allylic oxidation sites excluding steroid dienone is 1. The lowest BCUT2D eigenvalue weighted by atomic mass is 9.83. The third-order valence-electron chi connectivity index (χ3n) is 6.01. The van der Waals surface area contributed by atoms with Crippen molar-refractivity contribution in [1.29, 1.82) is 0 Å². The zero-order valence-electron chi connectivity index (χ0n) is 19.7. The zero-order chi connectivity index (χ0) is 24.2. The molecule has 182 valence electrons. The largest absolute Gasteiger partial charge is 0.350 e. The van der Waals surface area contributed by atoms with Gasteiger partial charge >= 0.3 is 0 Å². The molecule has 0 spiro atoms. The van der Waals surface area contributed by atoms with Crippen LogP contribution in [0.15, 0.2) is 60.7 Å². The molecule has 0 aliphatic carbocycles. The monoisotopic (exact) mass is 465 g/mol. The number of amides is 2. The summed E-state index contributed by atoms with van der Waals surface area (Å²) < 4.78 is 5.57. The summed E-state index contributed by atoms with van der Waals surface area (Å²) in [6.45, 7) is 2.64. The highest BCUT2D eigenvalue weighted by atomic mass is 16.8. The van der Waals surface area contributed by atoms with Crippen LogP contribution in [0.4, 0.5) is 0 Å². The number of carbonyl (C=O) groups is 2. The minimum atomic E-state index is -0.551. The van der Waals surface area contributed by atoms with Crippen LogP contribution in [-0.2, 0) is 19.2 Å². The summed E-state index contributed by atoms with van der Waals surface area (Å²) in [5, 5.41) is 0. The Labute approximate surface area is 201 Å². The van der Waals surface area contributed by atoms with Crippen LogP contribution in [-0.4, -0.2) is 24.7 Å². The molecule has 2 aromatic rings. The van der Waals surface area contributed by atoms with E-state index in [1.54, 1.807) is 0 Å². The smallest absolute Gasteiger partial charge is 0.251 e. The van der Waals surface area contributed by atoms with Crippen LogP contribution in [0.1, 0.15) is 74.0 Å². The molecule has 1 heterocycles. The Morgan fingerprint density at radius 2 is 1.76 bits per heavy atom. The predicted molar refractivity (Wildman–Crippen MR) is 132 cm³/mol. The van der Waals surface area contributed by atoms with E-state index in [1.807, 2.05) is 73.7 Å². The van der Waals surface area contributed by atoms with E-state index in [4.69, 9.17) is 15.4 Å². The molecule has 1 fully saturated rings. The van der Waals surface area contributed by atoms with Crippen molar-refractivity contribution in [1.82, 2.24) is 10.9 Å². The Kier molecular flexibility index (Phi) is 10.3. The summed E-state index contributed by atoms with van der Waals surface area (Å²) in [6, 6.07) is 17.5. The molecule has 3 atom stereocenters. The number of hydrogen-bond acceptors (Lipinski definition) is 5. The van der Waals surface area contributed by atoms with Crippen LogP contribution in [0.2, 0.25) is 0 Å². The lowest BCUT2D eigenvalue weighted by molar-refractivity contribution is -0.201. The third kappa shape index (κ3) is 7.25. The molecule has 1 unspecified atom stereocenters. The van der Waals surface area contributed by atoms with Gasteiger partial charge in [0.15, 0.2) is 6.29 Å². The van der Waals surface area contributed by atoms with Gasteiger partial charge in [0.1, 0.15) is 0 Å². The first-order valence-electron chi connectivity index (χ1n) is 12.0. The second-order valence-electron chi connectivity index (χ2n) is 8.46. The van der Waals surface area contributed by atoms with Crippen LogP contribution in [0.5, 0.6) is 0 Å². The fraction of sp³-hybridized carbons (Fsp3) is 0.407. The summed E-state index contributed by atoms with van der Waals surface area (Å²) in [5.74, 6) is 3.94. The summed E-state index contributed by atoms with van der Waals surface area (Å²) in [5.41, 5.74) is 7.53. The average molecular weight is 466 g/mol. The molecule has 1 aliphatic heterocycles.